The Kier molecular flexibility index (Phi) is 4.34. The van der Waals surface area contributed by atoms with E-state index in [1.165, 1.54) is 10.9 Å². The Hall–Kier alpha value is -3.07. The van der Waals surface area contributed by atoms with E-state index < -0.39 is 24.2 Å². The van der Waals surface area contributed by atoms with Crippen molar-refractivity contribution in [1.82, 2.24) is 19.5 Å². The normalized spacial score (nSPS) is 12.2. The molecule has 1 atom stereocenters. The molecule has 1 amide bonds. The lowest BCUT2D eigenvalue weighted by molar-refractivity contribution is 0.102. The first kappa shape index (κ1) is 15.8. The molecule has 3 rings (SSSR count). The second-order valence-electron chi connectivity index (χ2n) is 5.11. The molecular formula is C15H14FN5O3. The van der Waals surface area contributed by atoms with Gasteiger partial charge in [-0.3, -0.25) is 19.9 Å². The van der Waals surface area contributed by atoms with Gasteiger partial charge in [-0.05, 0) is 12.1 Å². The molecule has 0 bridgehead atoms. The summed E-state index contributed by atoms with van der Waals surface area (Å²) in [4.78, 5) is 34.6. The number of imidazole rings is 1. The molecule has 1 unspecified atom stereocenters. The van der Waals surface area contributed by atoms with Gasteiger partial charge in [-0.1, -0.05) is 18.2 Å². The number of alkyl halides is 1. The summed E-state index contributed by atoms with van der Waals surface area (Å²) in [6.07, 6.45) is 0.0556. The molecule has 3 N–H and O–H groups in total. The molecule has 0 aliphatic rings. The standard InChI is InChI=1S/C15H14FN5O3/c16-6-10(22)7-21-8-17-11-12(21)18-15(20-14(11)24)19-13(23)9-4-2-1-3-5-9/h1-5,8,10,22H,6-7H2,(H2,18,19,20,23,24). The number of hydrogen-bond acceptors (Lipinski definition) is 5. The number of hydrogen-bond donors (Lipinski definition) is 3. The van der Waals surface area contributed by atoms with Crippen molar-refractivity contribution >= 4 is 23.0 Å². The van der Waals surface area contributed by atoms with E-state index in [4.69, 9.17) is 0 Å². The van der Waals surface area contributed by atoms with Crippen molar-refractivity contribution < 1.29 is 14.3 Å². The summed E-state index contributed by atoms with van der Waals surface area (Å²) in [5.41, 5.74) is 0.0480. The predicted molar refractivity (Wildman–Crippen MR) is 84.5 cm³/mol. The summed E-state index contributed by atoms with van der Waals surface area (Å²) >= 11 is 0. The maximum atomic E-state index is 12.5. The van der Waals surface area contributed by atoms with Gasteiger partial charge in [-0.15, -0.1) is 0 Å². The molecule has 0 fully saturated rings. The highest BCUT2D eigenvalue weighted by Gasteiger charge is 2.14. The average Bonchev–Trinajstić information content (AvgIpc) is 2.99. The lowest BCUT2D eigenvalue weighted by Crippen LogP contribution is -2.20. The summed E-state index contributed by atoms with van der Waals surface area (Å²) < 4.78 is 13.8. The second-order valence-corrected chi connectivity index (χ2v) is 5.11. The molecule has 8 nitrogen and oxygen atoms in total. The van der Waals surface area contributed by atoms with Crippen molar-refractivity contribution in [3.8, 4) is 0 Å². The van der Waals surface area contributed by atoms with E-state index in [1.807, 2.05) is 0 Å². The molecule has 3 aromatic rings. The number of carbonyl (C=O) groups excluding carboxylic acids is 1. The number of aliphatic hydroxyl groups excluding tert-OH is 1. The number of halogens is 1. The van der Waals surface area contributed by atoms with E-state index in [1.54, 1.807) is 30.3 Å². The number of anilines is 1. The zero-order chi connectivity index (χ0) is 17.1. The molecule has 0 spiro atoms. The average molecular weight is 331 g/mol. The molecule has 0 aliphatic carbocycles. The number of carbonyl (C=O) groups is 1. The van der Waals surface area contributed by atoms with Crippen LogP contribution in [0.15, 0.2) is 41.5 Å². The molecule has 0 saturated heterocycles. The van der Waals surface area contributed by atoms with Crippen LogP contribution in [0.2, 0.25) is 0 Å². The first-order valence-corrected chi connectivity index (χ1v) is 7.14. The number of aromatic amines is 1. The zero-order valence-corrected chi connectivity index (χ0v) is 12.4. The van der Waals surface area contributed by atoms with E-state index in [2.05, 4.69) is 20.3 Å². The summed E-state index contributed by atoms with van der Waals surface area (Å²) in [5.74, 6) is -0.495. The highest BCUT2D eigenvalue weighted by Crippen LogP contribution is 2.10. The topological polar surface area (TPSA) is 113 Å². The predicted octanol–water partition coefficient (Wildman–Crippen LogP) is 0.702. The van der Waals surface area contributed by atoms with Crippen LogP contribution in [0.3, 0.4) is 0 Å². The Bertz CT molecular complexity index is 922. The van der Waals surface area contributed by atoms with Gasteiger partial charge in [-0.25, -0.2) is 9.37 Å². The van der Waals surface area contributed by atoms with Gasteiger partial charge >= 0.3 is 0 Å². The van der Waals surface area contributed by atoms with Gasteiger partial charge in [0.25, 0.3) is 11.5 Å². The molecule has 24 heavy (non-hydrogen) atoms. The van der Waals surface area contributed by atoms with Crippen LogP contribution >= 0.6 is 0 Å². The molecule has 1 aromatic carbocycles. The monoisotopic (exact) mass is 331 g/mol. The summed E-state index contributed by atoms with van der Waals surface area (Å²) in [6.45, 7) is -1.03. The van der Waals surface area contributed by atoms with Crippen LogP contribution < -0.4 is 10.9 Å². The number of nitrogens with zero attached hydrogens (tertiary/aromatic N) is 3. The smallest absolute Gasteiger partial charge is 0.280 e. The van der Waals surface area contributed by atoms with Crippen molar-refractivity contribution in [1.29, 1.82) is 0 Å². The van der Waals surface area contributed by atoms with E-state index >= 15 is 0 Å². The van der Waals surface area contributed by atoms with Crippen LogP contribution in [-0.4, -0.2) is 43.3 Å². The van der Waals surface area contributed by atoms with E-state index in [0.717, 1.165) is 0 Å². The molecule has 124 valence electrons. The van der Waals surface area contributed by atoms with E-state index in [-0.39, 0.29) is 23.7 Å². The van der Waals surface area contributed by atoms with Gasteiger partial charge in [0, 0.05) is 5.56 Å². The molecular weight excluding hydrogens is 317 g/mol. The Morgan fingerprint density at radius 3 is 2.83 bits per heavy atom. The third-order valence-electron chi connectivity index (χ3n) is 3.33. The van der Waals surface area contributed by atoms with Crippen LogP contribution in [0.1, 0.15) is 10.4 Å². The number of aliphatic hydroxyl groups is 1. The van der Waals surface area contributed by atoms with Gasteiger partial charge in [0.05, 0.1) is 12.9 Å². The van der Waals surface area contributed by atoms with Gasteiger partial charge in [0.2, 0.25) is 5.95 Å². The second kappa shape index (κ2) is 6.59. The van der Waals surface area contributed by atoms with E-state index in [0.29, 0.717) is 5.56 Å². The maximum Gasteiger partial charge on any atom is 0.280 e. The molecule has 0 radical (unpaired) electrons. The Morgan fingerprint density at radius 2 is 2.12 bits per heavy atom. The van der Waals surface area contributed by atoms with Crippen LogP contribution in [0.25, 0.3) is 11.2 Å². The highest BCUT2D eigenvalue weighted by atomic mass is 19.1. The maximum absolute atomic E-state index is 12.5. The van der Waals surface area contributed by atoms with Crippen molar-refractivity contribution in [2.24, 2.45) is 0 Å². The highest BCUT2D eigenvalue weighted by molar-refractivity contribution is 6.03. The molecule has 0 saturated carbocycles. The fourth-order valence-electron chi connectivity index (χ4n) is 2.19. The first-order valence-electron chi connectivity index (χ1n) is 7.14. The van der Waals surface area contributed by atoms with Crippen LogP contribution in [0.5, 0.6) is 0 Å². The van der Waals surface area contributed by atoms with Crippen molar-refractivity contribution in [2.45, 2.75) is 12.6 Å². The van der Waals surface area contributed by atoms with Gasteiger partial charge < -0.3 is 9.67 Å². The number of amides is 1. The Balaban J connectivity index is 1.93. The number of nitrogens with one attached hydrogen (secondary N) is 2. The largest absolute Gasteiger partial charge is 0.389 e. The fourth-order valence-corrected chi connectivity index (χ4v) is 2.19. The van der Waals surface area contributed by atoms with Gasteiger partial charge in [0.15, 0.2) is 11.2 Å². The van der Waals surface area contributed by atoms with Gasteiger partial charge in [-0.2, -0.15) is 4.98 Å². The van der Waals surface area contributed by atoms with Gasteiger partial charge in [0.1, 0.15) is 12.8 Å². The molecule has 0 aliphatic heterocycles. The van der Waals surface area contributed by atoms with Crippen molar-refractivity contribution in [3.05, 3.63) is 52.6 Å². The SMILES string of the molecule is O=C(Nc1nc2c(ncn2CC(O)CF)c(=O)[nH]1)c1ccccc1. The zero-order valence-electron chi connectivity index (χ0n) is 12.4. The minimum absolute atomic E-state index is 0.0405. The van der Waals surface area contributed by atoms with E-state index in [9.17, 15) is 19.1 Å². The minimum Gasteiger partial charge on any atom is -0.389 e. The van der Waals surface area contributed by atoms with Crippen LogP contribution in [-0.2, 0) is 6.54 Å². The van der Waals surface area contributed by atoms with Crippen molar-refractivity contribution in [2.75, 3.05) is 12.0 Å². The minimum atomic E-state index is -1.23. The first-order chi connectivity index (χ1) is 11.6. The number of H-pyrrole nitrogens is 1. The summed E-state index contributed by atoms with van der Waals surface area (Å²) in [6, 6.07) is 8.43. The Labute approximate surface area is 135 Å². The molecule has 2 aromatic heterocycles. The van der Waals surface area contributed by atoms with Crippen LogP contribution in [0.4, 0.5) is 10.3 Å². The lowest BCUT2D eigenvalue weighted by atomic mass is 10.2. The van der Waals surface area contributed by atoms with Crippen molar-refractivity contribution in [3.63, 3.8) is 0 Å². The number of benzene rings is 1. The number of aromatic nitrogens is 4. The third-order valence-corrected chi connectivity index (χ3v) is 3.33. The molecule has 2 heterocycles. The molecule has 9 heteroatoms. The Morgan fingerprint density at radius 1 is 1.38 bits per heavy atom. The lowest BCUT2D eigenvalue weighted by Gasteiger charge is -2.08. The van der Waals surface area contributed by atoms with Crippen LogP contribution in [0, 0.1) is 0 Å². The fraction of sp³-hybridized carbons (Fsp3) is 0.200. The summed E-state index contributed by atoms with van der Waals surface area (Å²) in [7, 11) is 0. The summed E-state index contributed by atoms with van der Waals surface area (Å²) in [5, 5.41) is 11.9. The third kappa shape index (κ3) is 3.15. The number of fused-ring (bicyclic) bond motifs is 1. The number of rotatable bonds is 5. The quantitative estimate of drug-likeness (QED) is 0.637.